The molecule has 268 valence electrons. The summed E-state index contributed by atoms with van der Waals surface area (Å²) >= 11 is 0. The van der Waals surface area contributed by atoms with Gasteiger partial charge in [0.05, 0.1) is 58.2 Å². The number of hydrogen-bond acceptors (Lipinski definition) is 20. The molecule has 5 rings (SSSR count). The normalized spacial score (nSPS) is 34.5. The van der Waals surface area contributed by atoms with Crippen LogP contribution in [0.5, 0.6) is 0 Å². The van der Waals surface area contributed by atoms with Gasteiger partial charge in [0.25, 0.3) is 0 Å². The molecule has 24 heteroatoms. The third kappa shape index (κ3) is 15.3. The number of morpholine rings is 2. The third-order valence-corrected chi connectivity index (χ3v) is 10.1. The molecule has 8 atom stereocenters. The molecule has 4 aliphatic heterocycles. The molecule has 0 spiro atoms. The van der Waals surface area contributed by atoms with Crippen LogP contribution in [0.2, 0.25) is 0 Å². The molecule has 4 heterocycles. The van der Waals surface area contributed by atoms with E-state index in [0.717, 1.165) is 51.9 Å². The first-order chi connectivity index (χ1) is 22.0. The van der Waals surface area contributed by atoms with Crippen LogP contribution in [0.1, 0.15) is 25.7 Å². The van der Waals surface area contributed by atoms with Gasteiger partial charge in [0, 0.05) is 51.4 Å². The quantitative estimate of drug-likeness (QED) is 0.0585. The number of nitrogens with zero attached hydrogens (tertiary/aromatic N) is 2. The second-order valence-electron chi connectivity index (χ2n) is 12.2. The summed E-state index contributed by atoms with van der Waals surface area (Å²) in [6.45, 7) is 5.44. The van der Waals surface area contributed by atoms with E-state index in [0.29, 0.717) is 26.4 Å². The van der Waals surface area contributed by atoms with E-state index in [1.807, 2.05) is 0 Å². The molecule has 0 radical (unpaired) electrons. The van der Waals surface area contributed by atoms with Crippen molar-refractivity contribution in [3.05, 3.63) is 0 Å². The van der Waals surface area contributed by atoms with Crippen molar-refractivity contribution in [1.29, 1.82) is 0 Å². The molecule has 10 N–H and O–H groups in total. The molecule has 0 aromatic carbocycles. The number of hydrogen-bond donors (Lipinski definition) is 10. The summed E-state index contributed by atoms with van der Waals surface area (Å²) in [4.78, 5) is 4.44. The average Bonchev–Trinajstić information content (AvgIpc) is 3.01. The molecule has 5 fully saturated rings. The van der Waals surface area contributed by atoms with Crippen LogP contribution in [-0.4, -0.2) is 163 Å². The molecule has 0 bridgehead atoms. The summed E-state index contributed by atoms with van der Waals surface area (Å²) < 4.78 is 77.8. The zero-order valence-electron chi connectivity index (χ0n) is 27.9. The predicted octanol–water partition coefficient (Wildman–Crippen LogP) is -12.3. The Balaban J connectivity index is 0.00000312. The van der Waals surface area contributed by atoms with Crippen molar-refractivity contribution in [3.63, 3.8) is 0 Å². The maximum absolute atomic E-state index is 11.1. The smallest absolute Gasteiger partial charge is 0.748 e. The Labute approximate surface area is 327 Å². The molecule has 48 heavy (non-hydrogen) atoms. The van der Waals surface area contributed by atoms with Crippen molar-refractivity contribution in [1.82, 2.24) is 63.0 Å². The van der Waals surface area contributed by atoms with Crippen LogP contribution in [-0.2, 0) is 29.7 Å². The first-order valence-electron chi connectivity index (χ1n) is 16.0. The zero-order valence-corrected chi connectivity index (χ0v) is 33.5. The predicted molar refractivity (Wildman–Crippen MR) is 164 cm³/mol. The van der Waals surface area contributed by atoms with Crippen LogP contribution in [0, 0.1) is 0 Å². The minimum atomic E-state index is -4.33. The van der Waals surface area contributed by atoms with E-state index in [1.165, 1.54) is 0 Å². The second kappa shape index (κ2) is 21.2. The largest absolute Gasteiger partial charge is 1.00 e. The van der Waals surface area contributed by atoms with Crippen molar-refractivity contribution < 1.29 is 94.5 Å². The van der Waals surface area contributed by atoms with Gasteiger partial charge in [-0.3, -0.25) is 63.0 Å². The van der Waals surface area contributed by atoms with E-state index in [4.69, 9.17) is 9.47 Å². The van der Waals surface area contributed by atoms with E-state index in [-0.39, 0.29) is 109 Å². The first kappa shape index (κ1) is 43.7. The van der Waals surface area contributed by atoms with Gasteiger partial charge >= 0.3 is 59.1 Å². The molecule has 0 aromatic rings. The minimum absolute atomic E-state index is 0. The fraction of sp³-hybridized carbons (Fsp3) is 1.00. The van der Waals surface area contributed by atoms with Crippen molar-refractivity contribution in [2.75, 3.05) is 77.2 Å². The Morgan fingerprint density at radius 2 is 0.979 bits per heavy atom. The van der Waals surface area contributed by atoms with Crippen molar-refractivity contribution in [3.8, 4) is 0 Å². The average molecular weight is 745 g/mol. The molecule has 8 unspecified atom stereocenters. The number of rotatable bonds is 14. The molecule has 4 saturated heterocycles. The Kier molecular flexibility index (Phi) is 19.3. The summed E-state index contributed by atoms with van der Waals surface area (Å²) in [6.07, 6.45) is 1.89. The molecule has 0 amide bonds. The molecular formula is C24H50N12Na2O8S2. The molecular weight excluding hydrogens is 694 g/mol. The maximum Gasteiger partial charge on any atom is 1.00 e. The SMILES string of the molecule is O=S(=O)([O-])CCNC1NC(NC2CCCC(NC3NC(NCCS(=O)(=O)[O-])NC(N4CCOCC4)N3)C2)NC(N2CCOCC2)N1.[Na+].[Na+]. The summed E-state index contributed by atoms with van der Waals surface area (Å²) in [5.74, 6) is -1.01. The summed E-state index contributed by atoms with van der Waals surface area (Å²) in [5, 5.41) is 34.2. The van der Waals surface area contributed by atoms with Crippen LogP contribution in [0.25, 0.3) is 0 Å². The van der Waals surface area contributed by atoms with Gasteiger partial charge in [-0.2, -0.15) is 0 Å². The van der Waals surface area contributed by atoms with E-state index in [9.17, 15) is 25.9 Å². The third-order valence-electron chi connectivity index (χ3n) is 8.67. The maximum atomic E-state index is 11.1. The first-order valence-corrected chi connectivity index (χ1v) is 19.2. The van der Waals surface area contributed by atoms with Crippen LogP contribution >= 0.6 is 0 Å². The Bertz CT molecular complexity index is 1070. The summed E-state index contributed by atoms with van der Waals surface area (Å²) in [6, 6.07) is 0.325. The Morgan fingerprint density at radius 1 is 0.604 bits per heavy atom. The molecule has 20 nitrogen and oxygen atoms in total. The van der Waals surface area contributed by atoms with E-state index >= 15 is 0 Å². The van der Waals surface area contributed by atoms with Crippen molar-refractivity contribution in [2.45, 2.75) is 75.5 Å². The fourth-order valence-corrected chi connectivity index (χ4v) is 7.13. The summed E-state index contributed by atoms with van der Waals surface area (Å²) in [5.41, 5.74) is 0. The molecule has 5 aliphatic rings. The number of ether oxygens (including phenoxy) is 2. The van der Waals surface area contributed by atoms with Gasteiger partial charge in [0.2, 0.25) is 0 Å². The number of nitrogens with one attached hydrogen (secondary N) is 10. The van der Waals surface area contributed by atoms with E-state index in [1.54, 1.807) is 0 Å². The topological polar surface area (TPSA) is 260 Å². The van der Waals surface area contributed by atoms with E-state index in [2.05, 4.69) is 63.0 Å². The standard InChI is InChI=1S/C24H52N12O8S2.2Na/c37-45(38,39)14-4-25-19-29-21(33-23(31-19)35-6-10-43-11-7-35)27-17-2-1-3-18(16-17)28-22-30-20(26-5-15-46(40,41)42)32-24(34-22)36-8-12-44-13-9-36;;/h17-34H,1-16H2,(H,37,38,39)(H,40,41,42);;/q;2*+1/p-2. The fourth-order valence-electron chi connectivity index (χ4n) is 6.40. The van der Waals surface area contributed by atoms with Gasteiger partial charge < -0.3 is 18.6 Å². The monoisotopic (exact) mass is 744 g/mol. The van der Waals surface area contributed by atoms with Gasteiger partial charge in [-0.25, -0.2) is 16.8 Å². The van der Waals surface area contributed by atoms with Crippen molar-refractivity contribution >= 4 is 20.2 Å². The zero-order chi connectivity index (χ0) is 32.6. The van der Waals surface area contributed by atoms with Gasteiger partial charge in [0.15, 0.2) is 0 Å². The van der Waals surface area contributed by atoms with Crippen LogP contribution in [0.4, 0.5) is 0 Å². The Morgan fingerprint density at radius 3 is 1.35 bits per heavy atom. The molecule has 1 saturated carbocycles. The van der Waals surface area contributed by atoms with Crippen LogP contribution in [0.3, 0.4) is 0 Å². The van der Waals surface area contributed by atoms with Gasteiger partial charge in [0.1, 0.15) is 37.7 Å². The molecule has 0 aromatic heterocycles. The van der Waals surface area contributed by atoms with Gasteiger partial charge in [-0.1, -0.05) is 6.42 Å². The second-order valence-corrected chi connectivity index (χ2v) is 15.2. The summed E-state index contributed by atoms with van der Waals surface area (Å²) in [7, 11) is -8.67. The Hall–Kier alpha value is 1.26. The molecule has 1 aliphatic carbocycles. The van der Waals surface area contributed by atoms with E-state index < -0.39 is 44.3 Å². The minimum Gasteiger partial charge on any atom is -0.748 e. The van der Waals surface area contributed by atoms with Crippen molar-refractivity contribution in [2.24, 2.45) is 0 Å². The van der Waals surface area contributed by atoms with Gasteiger partial charge in [-0.05, 0) is 19.3 Å². The van der Waals surface area contributed by atoms with Crippen LogP contribution < -0.4 is 112 Å². The van der Waals surface area contributed by atoms with Crippen LogP contribution in [0.15, 0.2) is 0 Å². The van der Waals surface area contributed by atoms with Gasteiger partial charge in [-0.15, -0.1) is 0 Å².